The van der Waals surface area contributed by atoms with Gasteiger partial charge in [-0.15, -0.1) is 6.42 Å². The standard InChI is InChI=1S/C18H21N3/c1-3-11-21-12-8-15(9-13-21)20-17-7-6-14(2)18-16(17)5-4-10-19-18/h1,4-7,10,15,20H,8-9,11-13H2,2H3. The normalized spacial score (nSPS) is 16.8. The van der Waals surface area contributed by atoms with E-state index in [2.05, 4.69) is 46.2 Å². The Morgan fingerprint density at radius 3 is 2.90 bits per heavy atom. The third kappa shape index (κ3) is 3.01. The van der Waals surface area contributed by atoms with E-state index in [1.165, 1.54) is 16.6 Å². The maximum Gasteiger partial charge on any atom is 0.0751 e. The second-order valence-corrected chi connectivity index (χ2v) is 5.73. The van der Waals surface area contributed by atoms with Gasteiger partial charge >= 0.3 is 0 Å². The molecule has 21 heavy (non-hydrogen) atoms. The number of anilines is 1. The summed E-state index contributed by atoms with van der Waals surface area (Å²) in [6.45, 7) is 5.02. The molecule has 0 unspecified atom stereocenters. The van der Waals surface area contributed by atoms with E-state index in [-0.39, 0.29) is 0 Å². The SMILES string of the molecule is C#CCN1CCC(Nc2ccc(C)c3ncccc23)CC1. The van der Waals surface area contributed by atoms with E-state index < -0.39 is 0 Å². The number of aromatic nitrogens is 1. The number of terminal acetylenes is 1. The molecule has 1 fully saturated rings. The van der Waals surface area contributed by atoms with Gasteiger partial charge < -0.3 is 5.32 Å². The molecule has 0 atom stereocenters. The lowest BCUT2D eigenvalue weighted by Gasteiger charge is -2.31. The van der Waals surface area contributed by atoms with E-state index in [0.29, 0.717) is 6.04 Å². The van der Waals surface area contributed by atoms with Crippen molar-refractivity contribution in [3.8, 4) is 12.3 Å². The molecule has 0 amide bonds. The number of hydrogen-bond donors (Lipinski definition) is 1. The minimum atomic E-state index is 0.519. The van der Waals surface area contributed by atoms with Crippen LogP contribution in [0.3, 0.4) is 0 Å². The van der Waals surface area contributed by atoms with Crippen molar-refractivity contribution >= 4 is 16.6 Å². The Bertz CT molecular complexity index is 664. The fourth-order valence-corrected chi connectivity index (χ4v) is 3.02. The van der Waals surface area contributed by atoms with Crippen molar-refractivity contribution in [2.45, 2.75) is 25.8 Å². The number of pyridine rings is 1. The van der Waals surface area contributed by atoms with Crippen molar-refractivity contribution in [1.82, 2.24) is 9.88 Å². The molecule has 2 heterocycles. The van der Waals surface area contributed by atoms with Crippen LogP contribution < -0.4 is 5.32 Å². The molecule has 1 aliphatic heterocycles. The zero-order valence-corrected chi connectivity index (χ0v) is 12.5. The van der Waals surface area contributed by atoms with Gasteiger partial charge in [-0.1, -0.05) is 12.0 Å². The van der Waals surface area contributed by atoms with Crippen molar-refractivity contribution in [3.63, 3.8) is 0 Å². The quantitative estimate of drug-likeness (QED) is 0.875. The first kappa shape index (κ1) is 13.9. The largest absolute Gasteiger partial charge is 0.382 e. The average Bonchev–Trinajstić information content (AvgIpc) is 2.52. The van der Waals surface area contributed by atoms with E-state index in [0.717, 1.165) is 38.0 Å². The van der Waals surface area contributed by atoms with Gasteiger partial charge in [0.2, 0.25) is 0 Å². The Kier molecular flexibility index (Phi) is 4.08. The second kappa shape index (κ2) is 6.15. The van der Waals surface area contributed by atoms with Gasteiger partial charge in [0.05, 0.1) is 12.1 Å². The molecule has 3 heteroatoms. The maximum atomic E-state index is 5.38. The van der Waals surface area contributed by atoms with E-state index in [9.17, 15) is 0 Å². The molecule has 1 N–H and O–H groups in total. The van der Waals surface area contributed by atoms with Crippen LogP contribution >= 0.6 is 0 Å². The number of hydrogen-bond acceptors (Lipinski definition) is 3. The van der Waals surface area contributed by atoms with Crippen LogP contribution in [-0.4, -0.2) is 35.6 Å². The van der Waals surface area contributed by atoms with E-state index in [1.54, 1.807) is 0 Å². The smallest absolute Gasteiger partial charge is 0.0751 e. The molecule has 1 aliphatic rings. The molecular formula is C18H21N3. The number of nitrogens with zero attached hydrogens (tertiary/aromatic N) is 2. The topological polar surface area (TPSA) is 28.2 Å². The van der Waals surface area contributed by atoms with Crippen LogP contribution in [0, 0.1) is 19.3 Å². The predicted octanol–water partition coefficient (Wildman–Crippen LogP) is 3.05. The molecular weight excluding hydrogens is 258 g/mol. The Hall–Kier alpha value is -2.05. The summed E-state index contributed by atoms with van der Waals surface area (Å²) in [6.07, 6.45) is 9.51. The van der Waals surface area contributed by atoms with Gasteiger partial charge in [-0.2, -0.15) is 0 Å². The second-order valence-electron chi connectivity index (χ2n) is 5.73. The number of fused-ring (bicyclic) bond motifs is 1. The molecule has 0 aliphatic carbocycles. The van der Waals surface area contributed by atoms with Gasteiger partial charge in [0.15, 0.2) is 0 Å². The highest BCUT2D eigenvalue weighted by Gasteiger charge is 2.19. The number of nitrogens with one attached hydrogen (secondary N) is 1. The summed E-state index contributed by atoms with van der Waals surface area (Å²) in [5, 5.41) is 4.91. The van der Waals surface area contributed by atoms with Crippen LogP contribution in [0.25, 0.3) is 10.9 Å². The molecule has 1 saturated heterocycles. The zero-order valence-electron chi connectivity index (χ0n) is 12.5. The molecule has 108 valence electrons. The summed E-state index contributed by atoms with van der Waals surface area (Å²) in [5.74, 6) is 2.73. The molecule has 1 aromatic carbocycles. The number of likely N-dealkylation sites (tertiary alicyclic amines) is 1. The Labute approximate surface area is 126 Å². The number of aryl methyl sites for hydroxylation is 1. The average molecular weight is 279 g/mol. The summed E-state index contributed by atoms with van der Waals surface area (Å²) >= 11 is 0. The zero-order chi connectivity index (χ0) is 14.7. The van der Waals surface area contributed by atoms with Crippen molar-refractivity contribution in [1.29, 1.82) is 0 Å². The molecule has 2 aromatic rings. The van der Waals surface area contributed by atoms with Crippen LogP contribution in [0.1, 0.15) is 18.4 Å². The number of piperidine rings is 1. The Morgan fingerprint density at radius 1 is 1.33 bits per heavy atom. The molecule has 0 spiro atoms. The number of benzene rings is 1. The van der Waals surface area contributed by atoms with Gasteiger partial charge in [-0.05, 0) is 43.5 Å². The summed E-state index contributed by atoms with van der Waals surface area (Å²) in [5.41, 5.74) is 3.51. The first-order valence-electron chi connectivity index (χ1n) is 7.54. The van der Waals surface area contributed by atoms with Crippen LogP contribution in [0.4, 0.5) is 5.69 Å². The Balaban J connectivity index is 1.75. The fraction of sp³-hybridized carbons (Fsp3) is 0.389. The molecule has 3 nitrogen and oxygen atoms in total. The summed E-state index contributed by atoms with van der Waals surface area (Å²) in [6, 6.07) is 8.98. The summed E-state index contributed by atoms with van der Waals surface area (Å²) in [4.78, 5) is 6.84. The third-order valence-corrected chi connectivity index (χ3v) is 4.23. The molecule has 3 rings (SSSR count). The van der Waals surface area contributed by atoms with Crippen molar-refractivity contribution in [2.24, 2.45) is 0 Å². The highest BCUT2D eigenvalue weighted by Crippen LogP contribution is 2.26. The summed E-state index contributed by atoms with van der Waals surface area (Å²) in [7, 11) is 0. The number of rotatable bonds is 3. The predicted molar refractivity (Wildman–Crippen MR) is 88.4 cm³/mol. The maximum absolute atomic E-state index is 5.38. The van der Waals surface area contributed by atoms with E-state index in [1.807, 2.05) is 12.3 Å². The summed E-state index contributed by atoms with van der Waals surface area (Å²) < 4.78 is 0. The molecule has 0 saturated carbocycles. The van der Waals surface area contributed by atoms with Crippen LogP contribution in [0.15, 0.2) is 30.5 Å². The van der Waals surface area contributed by atoms with Crippen LogP contribution in [-0.2, 0) is 0 Å². The first-order valence-corrected chi connectivity index (χ1v) is 7.54. The van der Waals surface area contributed by atoms with Crippen molar-refractivity contribution in [3.05, 3.63) is 36.0 Å². The lowest BCUT2D eigenvalue weighted by molar-refractivity contribution is 0.243. The molecule has 0 bridgehead atoms. The van der Waals surface area contributed by atoms with Gasteiger partial charge in [0.1, 0.15) is 0 Å². The highest BCUT2D eigenvalue weighted by atomic mass is 15.1. The van der Waals surface area contributed by atoms with Crippen molar-refractivity contribution < 1.29 is 0 Å². The third-order valence-electron chi connectivity index (χ3n) is 4.23. The van der Waals surface area contributed by atoms with Gasteiger partial charge in [0, 0.05) is 36.4 Å². The lowest BCUT2D eigenvalue weighted by atomic mass is 10.0. The van der Waals surface area contributed by atoms with Gasteiger partial charge in [-0.25, -0.2) is 0 Å². The Morgan fingerprint density at radius 2 is 2.14 bits per heavy atom. The lowest BCUT2D eigenvalue weighted by Crippen LogP contribution is -2.39. The van der Waals surface area contributed by atoms with Gasteiger partial charge in [-0.3, -0.25) is 9.88 Å². The minimum absolute atomic E-state index is 0.519. The highest BCUT2D eigenvalue weighted by molar-refractivity contribution is 5.93. The minimum Gasteiger partial charge on any atom is -0.382 e. The van der Waals surface area contributed by atoms with Crippen LogP contribution in [0.2, 0.25) is 0 Å². The molecule has 0 radical (unpaired) electrons. The van der Waals surface area contributed by atoms with Crippen molar-refractivity contribution in [2.75, 3.05) is 25.0 Å². The molecule has 1 aromatic heterocycles. The van der Waals surface area contributed by atoms with Crippen LogP contribution in [0.5, 0.6) is 0 Å². The van der Waals surface area contributed by atoms with Gasteiger partial charge in [0.25, 0.3) is 0 Å². The van der Waals surface area contributed by atoms with E-state index in [4.69, 9.17) is 6.42 Å². The fourth-order valence-electron chi connectivity index (χ4n) is 3.02. The monoisotopic (exact) mass is 279 g/mol. The van der Waals surface area contributed by atoms with E-state index >= 15 is 0 Å². The first-order chi connectivity index (χ1) is 10.3.